The van der Waals surface area contributed by atoms with E-state index in [2.05, 4.69) is 0 Å². The third-order valence-corrected chi connectivity index (χ3v) is 4.56. The summed E-state index contributed by atoms with van der Waals surface area (Å²) in [6.07, 6.45) is 5.95. The van der Waals surface area contributed by atoms with Crippen molar-refractivity contribution in [1.82, 2.24) is 4.90 Å². The topological polar surface area (TPSA) is 66.8 Å². The minimum atomic E-state index is -0.487. The van der Waals surface area contributed by atoms with Crippen LogP contribution in [-0.2, 0) is 14.3 Å². The lowest BCUT2D eigenvalue weighted by Gasteiger charge is -2.41. The Balaban J connectivity index is 2.68. The van der Waals surface area contributed by atoms with Crippen molar-refractivity contribution >= 4 is 11.9 Å². The first-order valence-corrected chi connectivity index (χ1v) is 8.80. The number of aliphatic hydroxyl groups is 1. The van der Waals surface area contributed by atoms with Gasteiger partial charge in [-0.25, -0.2) is 0 Å². The van der Waals surface area contributed by atoms with E-state index >= 15 is 0 Å². The number of hydrogen-bond acceptors (Lipinski definition) is 4. The van der Waals surface area contributed by atoms with Crippen molar-refractivity contribution < 1.29 is 19.4 Å². The molecule has 1 amide bonds. The molecule has 23 heavy (non-hydrogen) atoms. The molecule has 0 bridgehead atoms. The summed E-state index contributed by atoms with van der Waals surface area (Å²) >= 11 is 0. The largest absolute Gasteiger partial charge is 0.460 e. The smallest absolute Gasteiger partial charge is 0.312 e. The zero-order valence-corrected chi connectivity index (χ0v) is 15.2. The van der Waals surface area contributed by atoms with E-state index in [0.29, 0.717) is 25.9 Å². The van der Waals surface area contributed by atoms with Crippen LogP contribution in [0.15, 0.2) is 0 Å². The normalized spacial score (nSPS) is 17.9. The maximum Gasteiger partial charge on any atom is 0.312 e. The lowest BCUT2D eigenvalue weighted by Crippen LogP contribution is -2.48. The van der Waals surface area contributed by atoms with Crippen LogP contribution in [0.25, 0.3) is 0 Å². The van der Waals surface area contributed by atoms with Crippen molar-refractivity contribution in [3.8, 4) is 0 Å². The molecule has 0 aromatic heterocycles. The lowest BCUT2D eigenvalue weighted by atomic mass is 9.74. The van der Waals surface area contributed by atoms with E-state index in [9.17, 15) is 9.59 Å². The van der Waals surface area contributed by atoms with Crippen LogP contribution in [0.4, 0.5) is 0 Å². The van der Waals surface area contributed by atoms with Crippen molar-refractivity contribution in [1.29, 1.82) is 0 Å². The molecule has 0 saturated carbocycles. The number of carbonyl (C=O) groups excluding carboxylic acids is 2. The molecule has 1 fully saturated rings. The van der Waals surface area contributed by atoms with Crippen molar-refractivity contribution in [3.63, 3.8) is 0 Å². The number of nitrogens with zero attached hydrogens (tertiary/aromatic N) is 1. The number of unbranched alkanes of at least 4 members (excludes halogenated alkanes) is 3. The van der Waals surface area contributed by atoms with E-state index in [1.165, 1.54) is 0 Å². The Labute approximate surface area is 140 Å². The molecule has 5 nitrogen and oxygen atoms in total. The lowest BCUT2D eigenvalue weighted by molar-refractivity contribution is -0.172. The third kappa shape index (κ3) is 6.50. The molecule has 134 valence electrons. The molecule has 1 aliphatic rings. The van der Waals surface area contributed by atoms with Gasteiger partial charge in [0.1, 0.15) is 5.60 Å². The van der Waals surface area contributed by atoms with Gasteiger partial charge in [-0.05, 0) is 46.5 Å². The average molecular weight is 327 g/mol. The van der Waals surface area contributed by atoms with E-state index in [0.717, 1.165) is 32.1 Å². The first kappa shape index (κ1) is 19.9. The van der Waals surface area contributed by atoms with Gasteiger partial charge in [-0.3, -0.25) is 9.59 Å². The zero-order valence-electron chi connectivity index (χ0n) is 15.2. The Morgan fingerprint density at radius 2 is 1.65 bits per heavy atom. The highest BCUT2D eigenvalue weighted by atomic mass is 16.6. The Kier molecular flexibility index (Phi) is 7.52. The van der Waals surface area contributed by atoms with Crippen LogP contribution < -0.4 is 0 Å². The first-order chi connectivity index (χ1) is 10.7. The average Bonchev–Trinajstić information content (AvgIpc) is 2.45. The second-order valence-electron chi connectivity index (χ2n) is 7.68. The monoisotopic (exact) mass is 327 g/mol. The Bertz CT molecular complexity index is 392. The molecule has 0 unspecified atom stereocenters. The van der Waals surface area contributed by atoms with E-state index in [-0.39, 0.29) is 18.5 Å². The molecule has 5 heteroatoms. The van der Waals surface area contributed by atoms with Crippen molar-refractivity contribution in [2.45, 2.75) is 78.2 Å². The highest BCUT2D eigenvalue weighted by molar-refractivity contribution is 5.78. The fourth-order valence-corrected chi connectivity index (χ4v) is 3.12. The summed E-state index contributed by atoms with van der Waals surface area (Å²) in [7, 11) is 0. The van der Waals surface area contributed by atoms with Crippen molar-refractivity contribution in [3.05, 3.63) is 0 Å². The SMILES string of the molecule is CC(=O)N1CCC(CCCCCCO)(C(=O)OC(C)(C)C)CC1. The summed E-state index contributed by atoms with van der Waals surface area (Å²) in [5.41, 5.74) is -0.947. The molecule has 0 spiro atoms. The minimum Gasteiger partial charge on any atom is -0.460 e. The van der Waals surface area contributed by atoms with Crippen molar-refractivity contribution in [2.24, 2.45) is 5.41 Å². The number of piperidine rings is 1. The van der Waals surface area contributed by atoms with Gasteiger partial charge in [0.25, 0.3) is 0 Å². The summed E-state index contributed by atoms with van der Waals surface area (Å²) in [4.78, 5) is 26.1. The van der Waals surface area contributed by atoms with Crippen LogP contribution >= 0.6 is 0 Å². The van der Waals surface area contributed by atoms with Crippen LogP contribution in [0.1, 0.15) is 72.6 Å². The molecule has 0 aliphatic carbocycles. The number of likely N-dealkylation sites (tertiary alicyclic amines) is 1. The summed E-state index contributed by atoms with van der Waals surface area (Å²) in [6, 6.07) is 0. The maximum absolute atomic E-state index is 12.8. The zero-order chi connectivity index (χ0) is 17.5. The second kappa shape index (κ2) is 8.67. The van der Waals surface area contributed by atoms with Gasteiger partial charge < -0.3 is 14.7 Å². The molecular weight excluding hydrogens is 294 g/mol. The quantitative estimate of drug-likeness (QED) is 0.577. The summed E-state index contributed by atoms with van der Waals surface area (Å²) < 4.78 is 5.67. The molecule has 1 N–H and O–H groups in total. The molecule has 0 aromatic rings. The van der Waals surface area contributed by atoms with Gasteiger partial charge in [0.2, 0.25) is 5.91 Å². The number of ether oxygens (including phenoxy) is 1. The van der Waals surface area contributed by atoms with Crippen LogP contribution in [0, 0.1) is 5.41 Å². The number of rotatable bonds is 7. The summed E-state index contributed by atoms with van der Waals surface area (Å²) in [5, 5.41) is 8.85. The van der Waals surface area contributed by atoms with Crippen LogP contribution in [0.3, 0.4) is 0 Å². The highest BCUT2D eigenvalue weighted by Crippen LogP contribution is 2.39. The molecule has 0 aromatic carbocycles. The molecule has 1 heterocycles. The van der Waals surface area contributed by atoms with Crippen LogP contribution in [-0.4, -0.2) is 47.2 Å². The molecule has 0 atom stereocenters. The predicted molar refractivity (Wildman–Crippen MR) is 89.9 cm³/mol. The van der Waals surface area contributed by atoms with Gasteiger partial charge in [-0.15, -0.1) is 0 Å². The minimum absolute atomic E-state index is 0.0748. The van der Waals surface area contributed by atoms with Crippen LogP contribution in [0.2, 0.25) is 0 Å². The standard InChI is InChI=1S/C18H33NO4/c1-15(21)19-12-10-18(11-13-19,9-7-5-6-8-14-20)16(22)23-17(2,3)4/h20H,5-14H2,1-4H3. The summed E-state index contributed by atoms with van der Waals surface area (Å²) in [6.45, 7) is 8.75. The first-order valence-electron chi connectivity index (χ1n) is 8.80. The number of amides is 1. The van der Waals surface area contributed by atoms with Gasteiger partial charge in [-0.1, -0.05) is 19.3 Å². The van der Waals surface area contributed by atoms with Gasteiger partial charge in [0, 0.05) is 26.6 Å². The Morgan fingerprint density at radius 1 is 1.09 bits per heavy atom. The fraction of sp³-hybridized carbons (Fsp3) is 0.889. The van der Waals surface area contributed by atoms with E-state index in [1.54, 1.807) is 6.92 Å². The number of esters is 1. The van der Waals surface area contributed by atoms with Crippen molar-refractivity contribution in [2.75, 3.05) is 19.7 Å². The third-order valence-electron chi connectivity index (χ3n) is 4.56. The molecule has 0 radical (unpaired) electrons. The molecular formula is C18H33NO4. The van der Waals surface area contributed by atoms with Gasteiger partial charge in [0.05, 0.1) is 5.41 Å². The second-order valence-corrected chi connectivity index (χ2v) is 7.68. The van der Waals surface area contributed by atoms with E-state index in [4.69, 9.17) is 9.84 Å². The van der Waals surface area contributed by atoms with E-state index in [1.807, 2.05) is 25.7 Å². The van der Waals surface area contributed by atoms with E-state index < -0.39 is 11.0 Å². The maximum atomic E-state index is 12.8. The summed E-state index contributed by atoms with van der Waals surface area (Å²) in [5.74, 6) is -0.0407. The molecule has 1 aliphatic heterocycles. The number of aliphatic hydroxyl groups excluding tert-OH is 1. The van der Waals surface area contributed by atoms with Gasteiger partial charge in [0.15, 0.2) is 0 Å². The number of carbonyl (C=O) groups is 2. The Hall–Kier alpha value is -1.10. The molecule has 1 saturated heterocycles. The Morgan fingerprint density at radius 3 is 2.13 bits per heavy atom. The molecule has 1 rings (SSSR count). The predicted octanol–water partition coefficient (Wildman–Crippen LogP) is 2.90. The van der Waals surface area contributed by atoms with Gasteiger partial charge >= 0.3 is 5.97 Å². The van der Waals surface area contributed by atoms with Gasteiger partial charge in [-0.2, -0.15) is 0 Å². The fourth-order valence-electron chi connectivity index (χ4n) is 3.12. The van der Waals surface area contributed by atoms with Crippen LogP contribution in [0.5, 0.6) is 0 Å². The number of hydrogen-bond donors (Lipinski definition) is 1. The highest BCUT2D eigenvalue weighted by Gasteiger charge is 2.43.